The fourth-order valence-electron chi connectivity index (χ4n) is 1.28. The van der Waals surface area contributed by atoms with Gasteiger partial charge in [0.15, 0.2) is 0 Å². The van der Waals surface area contributed by atoms with Crippen molar-refractivity contribution in [2.24, 2.45) is 0 Å². The van der Waals surface area contributed by atoms with Crippen LogP contribution in [-0.4, -0.2) is 20.0 Å². The summed E-state index contributed by atoms with van der Waals surface area (Å²) < 4.78 is 31.4. The van der Waals surface area contributed by atoms with Crippen LogP contribution in [0.15, 0.2) is 18.2 Å². The maximum atomic E-state index is 10.9. The van der Waals surface area contributed by atoms with Crippen LogP contribution in [0.4, 0.5) is 5.69 Å². The monoisotopic (exact) mass is 239 g/mol. The molecule has 1 N–H and O–H groups in total. The van der Waals surface area contributed by atoms with E-state index in [9.17, 15) is 8.42 Å². The summed E-state index contributed by atoms with van der Waals surface area (Å²) in [5.41, 5.74) is 2.35. The van der Waals surface area contributed by atoms with E-state index >= 15 is 0 Å². The van der Waals surface area contributed by atoms with Crippen molar-refractivity contribution in [3.8, 4) is 0 Å². The summed E-state index contributed by atoms with van der Waals surface area (Å²) in [4.78, 5) is 0. The Hall–Kier alpha value is -0.0700. The molecule has 0 saturated carbocycles. The Kier molecular flexibility index (Phi) is 5.29. The summed E-state index contributed by atoms with van der Waals surface area (Å²) in [5, 5.41) is 0. The molecule has 4 nitrogen and oxygen atoms in total. The van der Waals surface area contributed by atoms with Crippen molar-refractivity contribution in [2.75, 3.05) is 11.4 Å². The first-order valence-electron chi connectivity index (χ1n) is 4.11. The molecule has 0 aromatic heterocycles. The van der Waals surface area contributed by atoms with Crippen molar-refractivity contribution in [1.82, 2.24) is 0 Å². The van der Waals surface area contributed by atoms with Gasteiger partial charge in [0.2, 0.25) is 0 Å². The minimum Gasteiger partial charge on any atom is -1.00 e. The van der Waals surface area contributed by atoms with Gasteiger partial charge < -0.3 is 1.43 Å². The van der Waals surface area contributed by atoms with Gasteiger partial charge in [0.25, 0.3) is 0 Å². The zero-order chi connectivity index (χ0) is 10.9. The molecule has 0 aliphatic carbocycles. The van der Waals surface area contributed by atoms with Crippen molar-refractivity contribution in [3.63, 3.8) is 0 Å². The summed E-state index contributed by atoms with van der Waals surface area (Å²) in [5.74, 6) is 0. The van der Waals surface area contributed by atoms with E-state index in [-0.39, 0.29) is 31.0 Å². The second-order valence-corrected chi connectivity index (χ2v) is 4.68. The maximum Gasteiger partial charge on any atom is 1.00 e. The molecule has 1 aromatic rings. The van der Waals surface area contributed by atoms with Gasteiger partial charge in [-0.2, -0.15) is 8.42 Å². The van der Waals surface area contributed by atoms with Crippen LogP contribution in [0.3, 0.4) is 0 Å². The molecule has 0 amide bonds. The van der Waals surface area contributed by atoms with Gasteiger partial charge in [-0.05, 0) is 25.5 Å². The zero-order valence-corrected chi connectivity index (χ0v) is 12.2. The van der Waals surface area contributed by atoms with E-state index in [0.717, 1.165) is 15.4 Å². The molecule has 80 valence electrons. The van der Waals surface area contributed by atoms with E-state index in [1.165, 1.54) is 7.05 Å². The molecule has 0 unspecified atom stereocenters. The third-order valence-electron chi connectivity index (χ3n) is 2.04. The summed E-state index contributed by atoms with van der Waals surface area (Å²) in [6, 6.07) is 5.32. The van der Waals surface area contributed by atoms with Gasteiger partial charge in [-0.25, -0.2) is 0 Å². The molecule has 0 atom stereocenters. The van der Waals surface area contributed by atoms with Gasteiger partial charge in [-0.15, -0.1) is 0 Å². The van der Waals surface area contributed by atoms with Gasteiger partial charge in [-0.1, -0.05) is 17.7 Å². The second-order valence-electron chi connectivity index (χ2n) is 3.24. The number of hydrogen-bond acceptors (Lipinski definition) is 2. The molecule has 0 radical (unpaired) electrons. The van der Waals surface area contributed by atoms with Crippen LogP contribution in [0.2, 0.25) is 0 Å². The maximum absolute atomic E-state index is 10.9. The number of benzene rings is 1. The van der Waals surface area contributed by atoms with Crippen LogP contribution in [0.25, 0.3) is 0 Å². The Morgan fingerprint density at radius 1 is 1.33 bits per heavy atom. The molecule has 1 rings (SSSR count). The SMILES string of the molecule is Cc1ccc(N(C)S(=O)(=O)O)c(C)c1.[H-].[Na+]. The molecule has 0 bridgehead atoms. The van der Waals surface area contributed by atoms with E-state index in [1.807, 2.05) is 13.0 Å². The van der Waals surface area contributed by atoms with Gasteiger partial charge >= 0.3 is 39.9 Å². The zero-order valence-electron chi connectivity index (χ0n) is 10.4. The van der Waals surface area contributed by atoms with Crippen molar-refractivity contribution < 1.29 is 44.0 Å². The van der Waals surface area contributed by atoms with Crippen LogP contribution >= 0.6 is 0 Å². The van der Waals surface area contributed by atoms with E-state index < -0.39 is 10.3 Å². The van der Waals surface area contributed by atoms with Gasteiger partial charge in [0.05, 0.1) is 5.69 Å². The molecular weight excluding hydrogens is 225 g/mol. The number of rotatable bonds is 2. The van der Waals surface area contributed by atoms with Gasteiger partial charge in [0.1, 0.15) is 0 Å². The molecule has 1 aromatic carbocycles. The van der Waals surface area contributed by atoms with Crippen molar-refractivity contribution in [2.45, 2.75) is 13.8 Å². The predicted octanol–water partition coefficient (Wildman–Crippen LogP) is -1.34. The summed E-state index contributed by atoms with van der Waals surface area (Å²) >= 11 is 0. The molecule has 0 saturated heterocycles. The largest absolute Gasteiger partial charge is 1.00 e. The topological polar surface area (TPSA) is 57.6 Å². The first kappa shape index (κ1) is 14.9. The van der Waals surface area contributed by atoms with E-state index in [2.05, 4.69) is 0 Å². The van der Waals surface area contributed by atoms with Gasteiger partial charge in [0, 0.05) is 7.05 Å². The fraction of sp³-hybridized carbons (Fsp3) is 0.333. The molecule has 15 heavy (non-hydrogen) atoms. The van der Waals surface area contributed by atoms with E-state index in [0.29, 0.717) is 5.69 Å². The smallest absolute Gasteiger partial charge is 1.00 e. The summed E-state index contributed by atoms with van der Waals surface area (Å²) in [6.07, 6.45) is 0. The minimum atomic E-state index is -4.16. The average molecular weight is 239 g/mol. The van der Waals surface area contributed by atoms with Crippen LogP contribution in [0, 0.1) is 13.8 Å². The molecule has 6 heteroatoms. The van der Waals surface area contributed by atoms with Gasteiger partial charge in [-0.3, -0.25) is 8.86 Å². The number of hydrogen-bond donors (Lipinski definition) is 1. The fourth-order valence-corrected chi connectivity index (χ4v) is 1.74. The Morgan fingerprint density at radius 3 is 2.27 bits per heavy atom. The first-order chi connectivity index (χ1) is 6.32. The normalized spacial score (nSPS) is 10.7. The molecule has 0 aliphatic heterocycles. The van der Waals surface area contributed by atoms with Crippen molar-refractivity contribution >= 4 is 16.0 Å². The third kappa shape index (κ3) is 3.77. The van der Waals surface area contributed by atoms with Crippen LogP contribution in [-0.2, 0) is 10.3 Å². The van der Waals surface area contributed by atoms with Crippen LogP contribution < -0.4 is 33.9 Å². The minimum absolute atomic E-state index is 0. The van der Waals surface area contributed by atoms with Crippen LogP contribution in [0.5, 0.6) is 0 Å². The van der Waals surface area contributed by atoms with Crippen molar-refractivity contribution in [1.29, 1.82) is 0 Å². The molecular formula is C9H14NNaO3S. The Bertz CT molecular complexity index is 450. The molecule has 0 aliphatic rings. The van der Waals surface area contributed by atoms with Crippen LogP contribution in [0.1, 0.15) is 12.6 Å². The van der Waals surface area contributed by atoms with E-state index in [4.69, 9.17) is 4.55 Å². The average Bonchev–Trinajstić information content (AvgIpc) is 2.01. The third-order valence-corrected chi connectivity index (χ3v) is 2.93. The van der Waals surface area contributed by atoms with E-state index in [1.54, 1.807) is 19.1 Å². The Morgan fingerprint density at radius 2 is 1.87 bits per heavy atom. The molecule has 0 fully saturated rings. The Labute approximate surface area is 114 Å². The second kappa shape index (κ2) is 5.32. The quantitative estimate of drug-likeness (QED) is 0.513. The molecule has 0 spiro atoms. The number of nitrogens with zero attached hydrogens (tertiary/aromatic N) is 1. The standard InChI is InChI=1S/C9H13NO3S.Na.H/c1-7-4-5-9(8(2)6-7)10(3)14(11,12)13;;/h4-6H,1-3H3,(H,11,12,13);;/q;+1;-1. The number of anilines is 1. The summed E-state index contributed by atoms with van der Waals surface area (Å²) in [7, 11) is -2.85. The van der Waals surface area contributed by atoms with Crippen molar-refractivity contribution in [3.05, 3.63) is 29.3 Å². The Balaban J connectivity index is 0. The summed E-state index contributed by atoms with van der Waals surface area (Å²) in [6.45, 7) is 3.72. The first-order valence-corrected chi connectivity index (χ1v) is 5.50. The predicted molar refractivity (Wildman–Crippen MR) is 57.0 cm³/mol. The number of aryl methyl sites for hydroxylation is 2. The molecule has 0 heterocycles.